The molecule has 3 N–H and O–H groups in total. The largest absolute Gasteiger partial charge is 0.481 e. The fourth-order valence-corrected chi connectivity index (χ4v) is 1.41. The van der Waals surface area contributed by atoms with E-state index < -0.39 is 12.1 Å². The summed E-state index contributed by atoms with van der Waals surface area (Å²) in [7, 11) is 0. The SMILES string of the molecule is O=C(O)CCNCC(O)COCc1ccccc1. The van der Waals surface area contributed by atoms with Crippen molar-refractivity contribution in [2.45, 2.75) is 19.1 Å². The predicted molar refractivity (Wildman–Crippen MR) is 67.2 cm³/mol. The summed E-state index contributed by atoms with van der Waals surface area (Å²) in [5.41, 5.74) is 1.06. The Labute approximate surface area is 106 Å². The Morgan fingerprint density at radius 3 is 2.72 bits per heavy atom. The lowest BCUT2D eigenvalue weighted by Gasteiger charge is -2.12. The second-order valence-corrected chi connectivity index (χ2v) is 4.00. The standard InChI is InChI=1S/C13H19NO4/c15-12(8-14-7-6-13(16)17)10-18-9-11-4-2-1-3-5-11/h1-5,12,14-15H,6-10H2,(H,16,17). The molecule has 0 saturated heterocycles. The van der Waals surface area contributed by atoms with E-state index in [9.17, 15) is 9.90 Å². The first-order chi connectivity index (χ1) is 8.68. The maximum absolute atomic E-state index is 10.2. The van der Waals surface area contributed by atoms with Gasteiger partial charge in [0.2, 0.25) is 0 Å². The van der Waals surface area contributed by atoms with E-state index in [1.54, 1.807) is 0 Å². The van der Waals surface area contributed by atoms with Gasteiger partial charge >= 0.3 is 5.97 Å². The monoisotopic (exact) mass is 253 g/mol. The number of hydrogen-bond acceptors (Lipinski definition) is 4. The van der Waals surface area contributed by atoms with Crippen LogP contribution in [0, 0.1) is 0 Å². The molecule has 0 spiro atoms. The van der Waals surface area contributed by atoms with Crippen LogP contribution in [0.2, 0.25) is 0 Å². The maximum atomic E-state index is 10.2. The van der Waals surface area contributed by atoms with Crippen LogP contribution in [-0.4, -0.2) is 42.0 Å². The summed E-state index contributed by atoms with van der Waals surface area (Å²) in [4.78, 5) is 10.2. The van der Waals surface area contributed by atoms with E-state index in [1.807, 2.05) is 30.3 Å². The van der Waals surface area contributed by atoms with Crippen LogP contribution in [0.5, 0.6) is 0 Å². The molecule has 0 amide bonds. The van der Waals surface area contributed by atoms with Crippen LogP contribution in [0.3, 0.4) is 0 Å². The van der Waals surface area contributed by atoms with Gasteiger partial charge in [0.05, 0.1) is 25.7 Å². The molecule has 1 unspecified atom stereocenters. The lowest BCUT2D eigenvalue weighted by molar-refractivity contribution is -0.136. The molecule has 1 aromatic rings. The zero-order chi connectivity index (χ0) is 13.2. The topological polar surface area (TPSA) is 78.8 Å². The Balaban J connectivity index is 2.03. The Bertz CT molecular complexity index is 342. The first kappa shape index (κ1) is 14.6. The first-order valence-corrected chi connectivity index (χ1v) is 5.90. The molecule has 0 aliphatic rings. The highest BCUT2D eigenvalue weighted by Gasteiger charge is 2.04. The normalized spacial score (nSPS) is 12.3. The zero-order valence-electron chi connectivity index (χ0n) is 10.2. The minimum atomic E-state index is -0.850. The average molecular weight is 253 g/mol. The molecule has 0 aliphatic heterocycles. The minimum Gasteiger partial charge on any atom is -0.481 e. The second kappa shape index (κ2) is 8.63. The Kier molecular flexibility index (Phi) is 7.01. The zero-order valence-corrected chi connectivity index (χ0v) is 10.2. The molecule has 100 valence electrons. The third-order valence-electron chi connectivity index (χ3n) is 2.32. The van der Waals surface area contributed by atoms with Crippen molar-refractivity contribution in [2.75, 3.05) is 19.7 Å². The molecule has 0 radical (unpaired) electrons. The second-order valence-electron chi connectivity index (χ2n) is 4.00. The number of carboxylic acid groups (broad SMARTS) is 1. The Hall–Kier alpha value is -1.43. The molecule has 1 rings (SSSR count). The van der Waals surface area contributed by atoms with Crippen molar-refractivity contribution < 1.29 is 19.7 Å². The van der Waals surface area contributed by atoms with Gasteiger partial charge in [0.1, 0.15) is 0 Å². The number of carboxylic acids is 1. The van der Waals surface area contributed by atoms with E-state index in [1.165, 1.54) is 0 Å². The molecule has 0 aliphatic carbocycles. The highest BCUT2D eigenvalue weighted by Crippen LogP contribution is 2.00. The third-order valence-corrected chi connectivity index (χ3v) is 2.32. The summed E-state index contributed by atoms with van der Waals surface area (Å²) in [5, 5.41) is 20.8. The molecule has 0 fully saturated rings. The minimum absolute atomic E-state index is 0.0532. The number of aliphatic hydroxyl groups excluding tert-OH is 1. The van der Waals surface area contributed by atoms with Crippen LogP contribution in [0.1, 0.15) is 12.0 Å². The van der Waals surface area contributed by atoms with E-state index in [0.717, 1.165) is 5.56 Å². The molecule has 18 heavy (non-hydrogen) atoms. The first-order valence-electron chi connectivity index (χ1n) is 5.90. The average Bonchev–Trinajstić information content (AvgIpc) is 2.36. The fraction of sp³-hybridized carbons (Fsp3) is 0.462. The number of aliphatic hydroxyl groups is 1. The number of nitrogens with one attached hydrogen (secondary N) is 1. The van der Waals surface area contributed by atoms with Crippen LogP contribution in [0.25, 0.3) is 0 Å². The molecule has 0 saturated carbocycles. The molecule has 5 heteroatoms. The summed E-state index contributed by atoms with van der Waals surface area (Å²) in [5.74, 6) is -0.850. The van der Waals surface area contributed by atoms with Gasteiger partial charge in [-0.1, -0.05) is 30.3 Å². The molecular formula is C13H19NO4. The lowest BCUT2D eigenvalue weighted by atomic mass is 10.2. The van der Waals surface area contributed by atoms with E-state index in [4.69, 9.17) is 9.84 Å². The Morgan fingerprint density at radius 1 is 1.33 bits per heavy atom. The summed E-state index contributed by atoms with van der Waals surface area (Å²) < 4.78 is 5.35. The number of carbonyl (C=O) groups is 1. The van der Waals surface area contributed by atoms with Crippen molar-refractivity contribution in [3.8, 4) is 0 Å². The van der Waals surface area contributed by atoms with Crippen molar-refractivity contribution in [3.63, 3.8) is 0 Å². The van der Waals surface area contributed by atoms with Crippen molar-refractivity contribution in [1.29, 1.82) is 0 Å². The van der Waals surface area contributed by atoms with Gasteiger partial charge in [-0.15, -0.1) is 0 Å². The maximum Gasteiger partial charge on any atom is 0.304 e. The molecule has 1 atom stereocenters. The quantitative estimate of drug-likeness (QED) is 0.563. The summed E-state index contributed by atoms with van der Waals surface area (Å²) in [6.45, 7) is 1.38. The summed E-state index contributed by atoms with van der Waals surface area (Å²) in [6.07, 6.45) is -0.570. The van der Waals surface area contributed by atoms with Crippen molar-refractivity contribution in [3.05, 3.63) is 35.9 Å². The predicted octanol–water partition coefficient (Wildman–Crippen LogP) is 0.628. The van der Waals surface area contributed by atoms with Crippen molar-refractivity contribution >= 4 is 5.97 Å². The van der Waals surface area contributed by atoms with E-state index >= 15 is 0 Å². The van der Waals surface area contributed by atoms with E-state index in [0.29, 0.717) is 19.7 Å². The van der Waals surface area contributed by atoms with Gasteiger partial charge in [-0.05, 0) is 5.56 Å². The molecule has 1 aromatic carbocycles. The van der Waals surface area contributed by atoms with Gasteiger partial charge in [0.25, 0.3) is 0 Å². The molecule has 5 nitrogen and oxygen atoms in total. The molecular weight excluding hydrogens is 234 g/mol. The van der Waals surface area contributed by atoms with E-state index in [2.05, 4.69) is 5.32 Å². The van der Waals surface area contributed by atoms with E-state index in [-0.39, 0.29) is 13.0 Å². The summed E-state index contributed by atoms with van der Waals surface area (Å²) >= 11 is 0. The smallest absolute Gasteiger partial charge is 0.304 e. The van der Waals surface area contributed by atoms with Gasteiger partial charge in [-0.2, -0.15) is 0 Å². The number of hydrogen-bond donors (Lipinski definition) is 3. The van der Waals surface area contributed by atoms with Gasteiger partial charge in [0.15, 0.2) is 0 Å². The number of rotatable bonds is 9. The molecule has 0 aromatic heterocycles. The van der Waals surface area contributed by atoms with Crippen LogP contribution in [0.15, 0.2) is 30.3 Å². The molecule has 0 bridgehead atoms. The van der Waals surface area contributed by atoms with Gasteiger partial charge in [0, 0.05) is 13.1 Å². The third kappa shape index (κ3) is 7.01. The van der Waals surface area contributed by atoms with Crippen LogP contribution in [-0.2, 0) is 16.1 Å². The van der Waals surface area contributed by atoms with Gasteiger partial charge in [-0.25, -0.2) is 0 Å². The number of ether oxygens (including phenoxy) is 1. The highest BCUT2D eigenvalue weighted by atomic mass is 16.5. The van der Waals surface area contributed by atoms with Crippen LogP contribution < -0.4 is 5.32 Å². The Morgan fingerprint density at radius 2 is 2.06 bits per heavy atom. The fourth-order valence-electron chi connectivity index (χ4n) is 1.41. The number of benzene rings is 1. The van der Waals surface area contributed by atoms with Gasteiger partial charge in [-0.3, -0.25) is 4.79 Å². The lowest BCUT2D eigenvalue weighted by Crippen LogP contribution is -2.31. The number of aliphatic carboxylic acids is 1. The summed E-state index contributed by atoms with van der Waals surface area (Å²) in [6, 6.07) is 9.71. The van der Waals surface area contributed by atoms with Gasteiger partial charge < -0.3 is 20.3 Å². The highest BCUT2D eigenvalue weighted by molar-refractivity contribution is 5.66. The van der Waals surface area contributed by atoms with Crippen molar-refractivity contribution in [2.24, 2.45) is 0 Å². The van der Waals surface area contributed by atoms with Crippen LogP contribution in [0.4, 0.5) is 0 Å². The van der Waals surface area contributed by atoms with Crippen molar-refractivity contribution in [1.82, 2.24) is 5.32 Å². The van der Waals surface area contributed by atoms with Crippen LogP contribution >= 0.6 is 0 Å². The molecule has 0 heterocycles.